The number of sulfone groups is 1. The Morgan fingerprint density at radius 1 is 1.38 bits per heavy atom. The van der Waals surface area contributed by atoms with Crippen molar-refractivity contribution in [1.82, 2.24) is 5.32 Å². The van der Waals surface area contributed by atoms with Crippen molar-refractivity contribution in [3.8, 4) is 0 Å². The van der Waals surface area contributed by atoms with Gasteiger partial charge in [-0.15, -0.1) is 0 Å². The molecule has 1 heterocycles. The second kappa shape index (κ2) is 6.44. The lowest BCUT2D eigenvalue weighted by molar-refractivity contribution is 0.0185. The van der Waals surface area contributed by atoms with Gasteiger partial charge in [-0.1, -0.05) is 12.1 Å². The Morgan fingerprint density at radius 3 is 2.57 bits per heavy atom. The molecule has 2 unspecified atom stereocenters. The van der Waals surface area contributed by atoms with E-state index in [0.717, 1.165) is 19.4 Å². The van der Waals surface area contributed by atoms with E-state index in [2.05, 4.69) is 12.2 Å². The zero-order chi connectivity index (χ0) is 15.5. The second-order valence-corrected chi connectivity index (χ2v) is 7.91. The molecule has 0 aliphatic carbocycles. The Bertz CT molecular complexity index is 562. The molecule has 2 rings (SSSR count). The van der Waals surface area contributed by atoms with Crippen molar-refractivity contribution in [2.24, 2.45) is 0 Å². The SMILES string of the molecule is CC1(CNCC(O)c2ccc(S(C)(=O)=O)cc2)CCCO1. The second-order valence-electron chi connectivity index (χ2n) is 5.89. The van der Waals surface area contributed by atoms with Gasteiger partial charge in [0.05, 0.1) is 16.6 Å². The lowest BCUT2D eigenvalue weighted by Crippen LogP contribution is -2.38. The van der Waals surface area contributed by atoms with E-state index >= 15 is 0 Å². The predicted octanol–water partition coefficient (Wildman–Crippen LogP) is 1.28. The van der Waals surface area contributed by atoms with Crippen molar-refractivity contribution in [3.63, 3.8) is 0 Å². The van der Waals surface area contributed by atoms with Gasteiger partial charge in [0.2, 0.25) is 0 Å². The van der Waals surface area contributed by atoms with Crippen LogP contribution in [0.3, 0.4) is 0 Å². The smallest absolute Gasteiger partial charge is 0.175 e. The molecule has 1 aliphatic rings. The van der Waals surface area contributed by atoms with Gasteiger partial charge in [-0.2, -0.15) is 0 Å². The van der Waals surface area contributed by atoms with E-state index in [1.165, 1.54) is 18.4 Å². The zero-order valence-electron chi connectivity index (χ0n) is 12.5. The third-order valence-electron chi connectivity index (χ3n) is 3.83. The lowest BCUT2D eigenvalue weighted by atomic mass is 10.0. The predicted molar refractivity (Wildman–Crippen MR) is 81.0 cm³/mol. The Morgan fingerprint density at radius 2 is 2.05 bits per heavy atom. The van der Waals surface area contributed by atoms with Crippen LogP contribution in [0.25, 0.3) is 0 Å². The van der Waals surface area contributed by atoms with Gasteiger partial charge in [-0.25, -0.2) is 8.42 Å². The summed E-state index contributed by atoms with van der Waals surface area (Å²) < 4.78 is 28.4. The van der Waals surface area contributed by atoms with Crippen LogP contribution in [0.5, 0.6) is 0 Å². The van der Waals surface area contributed by atoms with Crippen molar-refractivity contribution >= 4 is 9.84 Å². The minimum Gasteiger partial charge on any atom is -0.387 e. The number of rotatable bonds is 6. The molecule has 0 radical (unpaired) electrons. The first-order valence-electron chi connectivity index (χ1n) is 7.13. The Balaban J connectivity index is 1.87. The lowest BCUT2D eigenvalue weighted by Gasteiger charge is -2.24. The maximum Gasteiger partial charge on any atom is 0.175 e. The number of nitrogens with one attached hydrogen (secondary N) is 1. The molecule has 1 aliphatic heterocycles. The van der Waals surface area contributed by atoms with Crippen molar-refractivity contribution < 1.29 is 18.3 Å². The van der Waals surface area contributed by atoms with E-state index in [4.69, 9.17) is 4.74 Å². The summed E-state index contributed by atoms with van der Waals surface area (Å²) in [6.45, 7) is 3.98. The average molecular weight is 313 g/mol. The van der Waals surface area contributed by atoms with Crippen LogP contribution in [0.2, 0.25) is 0 Å². The first-order valence-corrected chi connectivity index (χ1v) is 9.02. The molecular weight excluding hydrogens is 290 g/mol. The van der Waals surface area contributed by atoms with Crippen molar-refractivity contribution in [3.05, 3.63) is 29.8 Å². The van der Waals surface area contributed by atoms with E-state index in [-0.39, 0.29) is 10.5 Å². The molecular formula is C15H23NO4S. The molecule has 2 atom stereocenters. The first-order chi connectivity index (χ1) is 9.80. The zero-order valence-corrected chi connectivity index (χ0v) is 13.3. The van der Waals surface area contributed by atoms with E-state index in [0.29, 0.717) is 18.7 Å². The molecule has 0 aromatic heterocycles. The molecule has 5 nitrogen and oxygen atoms in total. The molecule has 0 saturated carbocycles. The van der Waals surface area contributed by atoms with Crippen molar-refractivity contribution in [2.45, 2.75) is 36.4 Å². The molecule has 2 N–H and O–H groups in total. The molecule has 1 saturated heterocycles. The van der Waals surface area contributed by atoms with Crippen LogP contribution >= 0.6 is 0 Å². The highest BCUT2D eigenvalue weighted by Crippen LogP contribution is 2.24. The van der Waals surface area contributed by atoms with Gasteiger partial charge >= 0.3 is 0 Å². The van der Waals surface area contributed by atoms with Crippen LogP contribution < -0.4 is 5.32 Å². The van der Waals surface area contributed by atoms with Crippen LogP contribution in [0.1, 0.15) is 31.4 Å². The highest BCUT2D eigenvalue weighted by atomic mass is 32.2. The molecule has 6 heteroatoms. The molecule has 1 aromatic rings. The first kappa shape index (κ1) is 16.4. The molecule has 1 aromatic carbocycles. The summed E-state index contributed by atoms with van der Waals surface area (Å²) in [5.74, 6) is 0. The molecule has 21 heavy (non-hydrogen) atoms. The fourth-order valence-corrected chi connectivity index (χ4v) is 3.14. The van der Waals surface area contributed by atoms with Gasteiger partial charge < -0.3 is 15.2 Å². The highest BCUT2D eigenvalue weighted by molar-refractivity contribution is 7.90. The maximum atomic E-state index is 11.4. The topological polar surface area (TPSA) is 75.6 Å². The van der Waals surface area contributed by atoms with Crippen LogP contribution in [0, 0.1) is 0 Å². The van der Waals surface area contributed by atoms with Gasteiger partial charge in [0, 0.05) is 26.0 Å². The van der Waals surface area contributed by atoms with Crippen molar-refractivity contribution in [2.75, 3.05) is 26.0 Å². The fourth-order valence-electron chi connectivity index (χ4n) is 2.50. The van der Waals surface area contributed by atoms with Gasteiger partial charge in [-0.05, 0) is 37.5 Å². The Labute approximate surface area is 126 Å². The van der Waals surface area contributed by atoms with Gasteiger partial charge in [0.25, 0.3) is 0 Å². The van der Waals surface area contributed by atoms with Crippen molar-refractivity contribution in [1.29, 1.82) is 0 Å². The third-order valence-corrected chi connectivity index (χ3v) is 4.96. The van der Waals surface area contributed by atoms with Gasteiger partial charge in [0.15, 0.2) is 9.84 Å². The number of benzene rings is 1. The number of hydrogen-bond acceptors (Lipinski definition) is 5. The van der Waals surface area contributed by atoms with Gasteiger partial charge in [-0.3, -0.25) is 0 Å². The standard InChI is InChI=1S/C15H23NO4S/c1-15(8-3-9-20-15)11-16-10-14(17)12-4-6-13(7-5-12)21(2,18)19/h4-7,14,16-17H,3,8-11H2,1-2H3. The number of hydrogen-bond donors (Lipinski definition) is 2. The molecule has 118 valence electrons. The Kier molecular flexibility index (Phi) is 5.03. The van der Waals surface area contributed by atoms with Crippen LogP contribution in [-0.2, 0) is 14.6 Å². The Hall–Kier alpha value is -0.950. The quantitative estimate of drug-likeness (QED) is 0.827. The average Bonchev–Trinajstić information content (AvgIpc) is 2.85. The molecule has 0 amide bonds. The summed E-state index contributed by atoms with van der Waals surface area (Å²) in [4.78, 5) is 0.262. The minimum absolute atomic E-state index is 0.139. The van der Waals surface area contributed by atoms with Gasteiger partial charge in [0.1, 0.15) is 0 Å². The van der Waals surface area contributed by atoms with E-state index in [9.17, 15) is 13.5 Å². The molecule has 0 bridgehead atoms. The number of ether oxygens (including phenoxy) is 1. The highest BCUT2D eigenvalue weighted by Gasteiger charge is 2.29. The van der Waals surface area contributed by atoms with E-state index in [1.807, 2.05) is 0 Å². The van der Waals surface area contributed by atoms with Crippen LogP contribution in [-0.4, -0.2) is 45.1 Å². The summed E-state index contributed by atoms with van der Waals surface area (Å²) in [7, 11) is -3.20. The molecule has 0 spiro atoms. The summed E-state index contributed by atoms with van der Waals surface area (Å²) in [5, 5.41) is 13.3. The number of aliphatic hydroxyl groups excluding tert-OH is 1. The fraction of sp³-hybridized carbons (Fsp3) is 0.600. The summed E-state index contributed by atoms with van der Waals surface area (Å²) in [5.41, 5.74) is 0.562. The minimum atomic E-state index is -3.20. The summed E-state index contributed by atoms with van der Waals surface area (Å²) in [6, 6.07) is 6.34. The maximum absolute atomic E-state index is 11.4. The van der Waals surface area contributed by atoms with E-state index in [1.54, 1.807) is 12.1 Å². The normalized spacial score (nSPS) is 24.1. The monoisotopic (exact) mass is 313 g/mol. The largest absolute Gasteiger partial charge is 0.387 e. The number of aliphatic hydroxyl groups is 1. The third kappa shape index (κ3) is 4.51. The van der Waals surface area contributed by atoms with Crippen LogP contribution in [0.4, 0.5) is 0 Å². The molecule has 1 fully saturated rings. The summed E-state index contributed by atoms with van der Waals surface area (Å²) in [6.07, 6.45) is 2.61. The van der Waals surface area contributed by atoms with Crippen LogP contribution in [0.15, 0.2) is 29.2 Å². The summed E-state index contributed by atoms with van der Waals surface area (Å²) >= 11 is 0. The van der Waals surface area contributed by atoms with E-state index < -0.39 is 15.9 Å².